The number of nitrogens with one attached hydrogen (secondary N) is 1. The van der Waals surface area contributed by atoms with Crippen LogP contribution in [0.3, 0.4) is 0 Å². The minimum absolute atomic E-state index is 0.474. The molecule has 0 amide bonds. The lowest BCUT2D eigenvalue weighted by Gasteiger charge is -1.85. The predicted octanol–water partition coefficient (Wildman–Crippen LogP) is 0.158. The molecule has 0 aliphatic rings. The molecular formula is C2H7NOP2. The summed E-state index contributed by atoms with van der Waals surface area (Å²) in [6.45, 7) is 0.474. The van der Waals surface area contributed by atoms with Crippen LogP contribution in [0.25, 0.3) is 0 Å². The van der Waals surface area contributed by atoms with Crippen LogP contribution in [0.4, 0.5) is 0 Å². The summed E-state index contributed by atoms with van der Waals surface area (Å²) in [6.07, 6.45) is 0.844. The summed E-state index contributed by atoms with van der Waals surface area (Å²) in [5.41, 5.74) is 0. The lowest BCUT2D eigenvalue weighted by atomic mass is 10.8. The van der Waals surface area contributed by atoms with E-state index in [2.05, 4.69) is 14.0 Å². The zero-order chi connectivity index (χ0) is 4.83. The summed E-state index contributed by atoms with van der Waals surface area (Å²) in [5.74, 6) is 0. The van der Waals surface area contributed by atoms with E-state index in [1.54, 1.807) is 0 Å². The van der Waals surface area contributed by atoms with Gasteiger partial charge in [-0.25, -0.2) is 0 Å². The molecule has 0 saturated heterocycles. The SMILES string of the molecule is O=CCNPP. The van der Waals surface area contributed by atoms with E-state index < -0.39 is 0 Å². The highest BCUT2D eigenvalue weighted by Gasteiger charge is 1.70. The molecule has 36 valence electrons. The van der Waals surface area contributed by atoms with Crippen molar-refractivity contribution in [2.45, 2.75) is 0 Å². The van der Waals surface area contributed by atoms with Crippen molar-refractivity contribution in [3.63, 3.8) is 0 Å². The molecule has 0 fully saturated rings. The Morgan fingerprint density at radius 3 is 2.83 bits per heavy atom. The number of carbonyl (C=O) groups is 1. The van der Waals surface area contributed by atoms with Gasteiger partial charge in [0, 0.05) is 0 Å². The van der Waals surface area contributed by atoms with Gasteiger partial charge < -0.3 is 4.79 Å². The monoisotopic (exact) mass is 123 g/mol. The van der Waals surface area contributed by atoms with Crippen LogP contribution in [0.15, 0.2) is 0 Å². The summed E-state index contributed by atoms with van der Waals surface area (Å²) in [6, 6.07) is 0. The third kappa shape index (κ3) is 4.49. The Morgan fingerprint density at radius 2 is 2.67 bits per heavy atom. The van der Waals surface area contributed by atoms with E-state index in [4.69, 9.17) is 0 Å². The number of hydrogen-bond donors (Lipinski definition) is 1. The first-order valence-corrected chi connectivity index (χ1v) is 4.35. The molecule has 0 bridgehead atoms. The number of aldehydes is 1. The van der Waals surface area contributed by atoms with Gasteiger partial charge in [-0.2, -0.15) is 0 Å². The molecule has 0 spiro atoms. The zero-order valence-electron chi connectivity index (χ0n) is 3.27. The van der Waals surface area contributed by atoms with Gasteiger partial charge in [0.15, 0.2) is 0 Å². The molecule has 6 heavy (non-hydrogen) atoms. The van der Waals surface area contributed by atoms with Crippen LogP contribution in [-0.4, -0.2) is 12.8 Å². The normalized spacial score (nSPS) is 10.2. The fourth-order valence-corrected chi connectivity index (χ4v) is 0.655. The average molecular weight is 123 g/mol. The van der Waals surface area contributed by atoms with E-state index in [-0.39, 0.29) is 0 Å². The second kappa shape index (κ2) is 5.49. The van der Waals surface area contributed by atoms with Crippen molar-refractivity contribution in [3.8, 4) is 0 Å². The van der Waals surface area contributed by atoms with Gasteiger partial charge in [-0.1, -0.05) is 8.93 Å². The van der Waals surface area contributed by atoms with Crippen molar-refractivity contribution in [1.82, 2.24) is 5.09 Å². The molecule has 0 aromatic heterocycles. The minimum Gasteiger partial charge on any atom is -0.302 e. The van der Waals surface area contributed by atoms with Gasteiger partial charge >= 0.3 is 0 Å². The maximum atomic E-state index is 9.50. The van der Waals surface area contributed by atoms with E-state index in [1.807, 2.05) is 0 Å². The van der Waals surface area contributed by atoms with Gasteiger partial charge in [-0.3, -0.25) is 5.09 Å². The van der Waals surface area contributed by atoms with E-state index in [0.29, 0.717) is 15.0 Å². The first kappa shape index (κ1) is 6.49. The first-order valence-electron chi connectivity index (χ1n) is 1.54. The van der Waals surface area contributed by atoms with Gasteiger partial charge in [0.25, 0.3) is 0 Å². The van der Waals surface area contributed by atoms with Crippen LogP contribution in [0, 0.1) is 0 Å². The molecule has 1 N–H and O–H groups in total. The Bertz CT molecular complexity index is 40.5. The molecule has 2 unspecified atom stereocenters. The largest absolute Gasteiger partial charge is 0.302 e. The Morgan fingerprint density at radius 1 is 2.00 bits per heavy atom. The summed E-state index contributed by atoms with van der Waals surface area (Å²) in [4.78, 5) is 9.50. The molecule has 0 saturated carbocycles. The molecule has 0 radical (unpaired) electrons. The van der Waals surface area contributed by atoms with Crippen LogP contribution in [0.5, 0.6) is 0 Å². The first-order chi connectivity index (χ1) is 2.91. The molecule has 2 atom stereocenters. The Hall–Kier alpha value is 0.490. The summed E-state index contributed by atoms with van der Waals surface area (Å²) in [7, 11) is 3.09. The van der Waals surface area contributed by atoms with Crippen molar-refractivity contribution in [3.05, 3.63) is 0 Å². The lowest BCUT2D eigenvalue weighted by Crippen LogP contribution is -2.00. The summed E-state index contributed by atoms with van der Waals surface area (Å²) < 4.78 is 0. The summed E-state index contributed by atoms with van der Waals surface area (Å²) >= 11 is 0. The second-order valence-electron chi connectivity index (χ2n) is 0.692. The highest BCUT2D eigenvalue weighted by atomic mass is 32.0. The van der Waals surface area contributed by atoms with Crippen LogP contribution in [-0.2, 0) is 4.79 Å². The fraction of sp³-hybridized carbons (Fsp3) is 0.500. The Labute approximate surface area is 41.0 Å². The van der Waals surface area contributed by atoms with E-state index in [0.717, 1.165) is 6.29 Å². The molecule has 0 rings (SSSR count). The van der Waals surface area contributed by atoms with Crippen molar-refractivity contribution in [2.75, 3.05) is 6.54 Å². The molecule has 0 aliphatic heterocycles. The molecular weight excluding hydrogens is 116 g/mol. The fourth-order valence-electron chi connectivity index (χ4n) is 0.101. The van der Waals surface area contributed by atoms with Crippen LogP contribution in [0.1, 0.15) is 0 Å². The molecule has 0 aromatic rings. The van der Waals surface area contributed by atoms with Crippen LogP contribution in [0.2, 0.25) is 0 Å². The average Bonchev–Trinajstić information content (AvgIpc) is 1.61. The van der Waals surface area contributed by atoms with E-state index >= 15 is 0 Å². The highest BCUT2D eigenvalue weighted by molar-refractivity contribution is 8.01. The second-order valence-corrected chi connectivity index (χ2v) is 2.20. The third-order valence-electron chi connectivity index (χ3n) is 0.287. The molecule has 0 aromatic carbocycles. The zero-order valence-corrected chi connectivity index (χ0v) is 5.42. The Balaban J connectivity index is 2.49. The van der Waals surface area contributed by atoms with Gasteiger partial charge in [0.05, 0.1) is 6.54 Å². The van der Waals surface area contributed by atoms with Crippen LogP contribution < -0.4 is 5.09 Å². The predicted molar refractivity (Wildman–Crippen MR) is 32.1 cm³/mol. The molecule has 2 nitrogen and oxygen atoms in total. The van der Waals surface area contributed by atoms with Gasteiger partial charge in [0.2, 0.25) is 0 Å². The number of carbonyl (C=O) groups excluding carboxylic acids is 1. The quantitative estimate of drug-likeness (QED) is 0.329. The van der Waals surface area contributed by atoms with Crippen molar-refractivity contribution >= 4 is 23.6 Å². The maximum Gasteiger partial charge on any atom is 0.134 e. The maximum absolute atomic E-state index is 9.50. The molecule has 0 aliphatic carbocycles. The van der Waals surface area contributed by atoms with Gasteiger partial charge in [-0.05, 0) is 8.42 Å². The highest BCUT2D eigenvalue weighted by Crippen LogP contribution is 2.11. The third-order valence-corrected chi connectivity index (χ3v) is 1.31. The number of rotatable bonds is 3. The topological polar surface area (TPSA) is 29.1 Å². The van der Waals surface area contributed by atoms with E-state index in [1.165, 1.54) is 0 Å². The Kier molecular flexibility index (Phi) is 5.94. The summed E-state index contributed by atoms with van der Waals surface area (Å²) in [5, 5.41) is 2.82. The van der Waals surface area contributed by atoms with Gasteiger partial charge in [0.1, 0.15) is 6.29 Å². The standard InChI is InChI=1S/C2H7NOP2/c4-2-1-3-6-5/h2-3,6H,1,5H2. The molecule has 4 heteroatoms. The van der Waals surface area contributed by atoms with Gasteiger partial charge in [-0.15, -0.1) is 0 Å². The minimum atomic E-state index is 0.474. The number of hydrogen-bond acceptors (Lipinski definition) is 2. The van der Waals surface area contributed by atoms with Crippen molar-refractivity contribution in [2.24, 2.45) is 0 Å². The van der Waals surface area contributed by atoms with Crippen molar-refractivity contribution in [1.29, 1.82) is 0 Å². The smallest absolute Gasteiger partial charge is 0.134 e. The van der Waals surface area contributed by atoms with Crippen LogP contribution >= 0.6 is 17.3 Å². The van der Waals surface area contributed by atoms with Crippen molar-refractivity contribution < 1.29 is 4.79 Å². The van der Waals surface area contributed by atoms with E-state index in [9.17, 15) is 4.79 Å². The molecule has 0 heterocycles. The lowest BCUT2D eigenvalue weighted by molar-refractivity contribution is -0.106.